The van der Waals surface area contributed by atoms with Crippen LogP contribution in [0, 0.1) is 6.92 Å². The van der Waals surface area contributed by atoms with Crippen LogP contribution in [0.4, 0.5) is 11.6 Å². The lowest BCUT2D eigenvalue weighted by Gasteiger charge is -2.24. The molecule has 0 bridgehead atoms. The molecule has 0 fully saturated rings. The van der Waals surface area contributed by atoms with E-state index in [-0.39, 0.29) is 0 Å². The summed E-state index contributed by atoms with van der Waals surface area (Å²) in [6, 6.07) is 8.58. The maximum Gasteiger partial charge on any atom is 0.152 e. The molecule has 3 rings (SSSR count). The van der Waals surface area contributed by atoms with Gasteiger partial charge in [-0.1, -0.05) is 45.4 Å². The number of anilines is 2. The molecule has 0 atom stereocenters. The molecule has 0 saturated heterocycles. The minimum absolute atomic E-state index is 0.610. The van der Waals surface area contributed by atoms with Gasteiger partial charge in [0.05, 0.1) is 11.3 Å². The largest absolute Gasteiger partial charge is 0.390 e. The number of aryl methyl sites for hydroxylation is 3. The van der Waals surface area contributed by atoms with Gasteiger partial charge < -0.3 is 10.0 Å². The van der Waals surface area contributed by atoms with Gasteiger partial charge in [0, 0.05) is 31.1 Å². The van der Waals surface area contributed by atoms with Gasteiger partial charge in [-0.15, -0.1) is 0 Å². The fourth-order valence-electron chi connectivity index (χ4n) is 3.92. The third-order valence-electron chi connectivity index (χ3n) is 5.54. The Balaban J connectivity index is 0.00000187. The molecule has 6 heteroatoms. The number of benzene rings is 1. The first-order valence-electron chi connectivity index (χ1n) is 12.6. The Labute approximate surface area is 200 Å². The molecule has 1 aliphatic carbocycles. The number of hydrogen-bond acceptors (Lipinski definition) is 6. The minimum atomic E-state index is -0.745. The average molecular weight is 454 g/mol. The number of rotatable bonds is 10. The molecular formula is C27H43N5O. The van der Waals surface area contributed by atoms with Gasteiger partial charge in [-0.25, -0.2) is 9.97 Å². The number of aromatic nitrogens is 2. The van der Waals surface area contributed by atoms with E-state index in [1.54, 1.807) is 0 Å². The molecule has 0 saturated carbocycles. The first-order chi connectivity index (χ1) is 15.8. The highest BCUT2D eigenvalue weighted by Crippen LogP contribution is 2.25. The fraction of sp³-hybridized carbons (Fsp3) is 0.593. The van der Waals surface area contributed by atoms with Gasteiger partial charge in [-0.3, -0.25) is 5.43 Å². The molecule has 1 heterocycles. The Kier molecular flexibility index (Phi) is 10.3. The van der Waals surface area contributed by atoms with Gasteiger partial charge in [0.15, 0.2) is 5.82 Å². The number of aliphatic hydroxyl groups is 1. The standard InChI is InChI=1S/C25H37N5O.C2H6/c1-6-14-30(15-7-2)24-17-23(26-22(27-24)12-13-25(4,5)31)29-28-21-11-10-19-9-8-18(3)16-20(19)21;1-2/h8-9,16-17,31H,6-7,10-15H2,1-5H3,(H,26,27,29);1-2H3/b28-21+;. The van der Waals surface area contributed by atoms with E-state index < -0.39 is 5.60 Å². The van der Waals surface area contributed by atoms with Crippen molar-refractivity contribution >= 4 is 17.3 Å². The Morgan fingerprint density at radius 3 is 2.39 bits per heavy atom. The van der Waals surface area contributed by atoms with Crippen LogP contribution >= 0.6 is 0 Å². The maximum absolute atomic E-state index is 10.2. The van der Waals surface area contributed by atoms with Crippen LogP contribution in [-0.4, -0.2) is 39.5 Å². The summed E-state index contributed by atoms with van der Waals surface area (Å²) in [5.41, 5.74) is 7.39. The van der Waals surface area contributed by atoms with Crippen molar-refractivity contribution in [3.63, 3.8) is 0 Å². The van der Waals surface area contributed by atoms with E-state index in [2.05, 4.69) is 49.3 Å². The second kappa shape index (κ2) is 12.7. The van der Waals surface area contributed by atoms with Crippen LogP contribution in [0.1, 0.15) is 89.7 Å². The first-order valence-corrected chi connectivity index (χ1v) is 12.6. The Morgan fingerprint density at radius 2 is 1.76 bits per heavy atom. The van der Waals surface area contributed by atoms with E-state index >= 15 is 0 Å². The summed E-state index contributed by atoms with van der Waals surface area (Å²) in [6.07, 6.45) is 5.32. The highest BCUT2D eigenvalue weighted by atomic mass is 16.3. The van der Waals surface area contributed by atoms with Crippen molar-refractivity contribution in [2.45, 2.75) is 92.6 Å². The van der Waals surface area contributed by atoms with Crippen molar-refractivity contribution < 1.29 is 5.11 Å². The van der Waals surface area contributed by atoms with Crippen LogP contribution in [0.3, 0.4) is 0 Å². The van der Waals surface area contributed by atoms with Crippen molar-refractivity contribution in [3.05, 3.63) is 46.8 Å². The van der Waals surface area contributed by atoms with Gasteiger partial charge in [0.2, 0.25) is 0 Å². The van der Waals surface area contributed by atoms with Crippen molar-refractivity contribution in [1.82, 2.24) is 9.97 Å². The van der Waals surface area contributed by atoms with Gasteiger partial charge in [-0.2, -0.15) is 5.10 Å². The first kappa shape index (κ1) is 26.8. The molecule has 6 nitrogen and oxygen atoms in total. The number of nitrogens with one attached hydrogen (secondary N) is 1. The van der Waals surface area contributed by atoms with Gasteiger partial charge >= 0.3 is 0 Å². The van der Waals surface area contributed by atoms with E-state index in [1.807, 2.05) is 33.8 Å². The van der Waals surface area contributed by atoms with Crippen LogP contribution in [0.15, 0.2) is 29.4 Å². The van der Waals surface area contributed by atoms with Crippen LogP contribution in [-0.2, 0) is 12.8 Å². The topological polar surface area (TPSA) is 73.6 Å². The van der Waals surface area contributed by atoms with E-state index in [9.17, 15) is 5.11 Å². The molecule has 2 N–H and O–H groups in total. The molecule has 0 amide bonds. The van der Waals surface area contributed by atoms with Crippen LogP contribution in [0.5, 0.6) is 0 Å². The molecule has 0 aliphatic heterocycles. The number of hydrazone groups is 1. The van der Waals surface area contributed by atoms with E-state index in [0.29, 0.717) is 18.7 Å². The third-order valence-corrected chi connectivity index (χ3v) is 5.54. The van der Waals surface area contributed by atoms with E-state index in [1.165, 1.54) is 16.7 Å². The van der Waals surface area contributed by atoms with Crippen molar-refractivity contribution in [3.8, 4) is 0 Å². The van der Waals surface area contributed by atoms with Crippen molar-refractivity contribution in [2.75, 3.05) is 23.4 Å². The predicted octanol–water partition coefficient (Wildman–Crippen LogP) is 5.90. The molecule has 0 radical (unpaired) electrons. The average Bonchev–Trinajstić information content (AvgIpc) is 3.19. The van der Waals surface area contributed by atoms with Gasteiger partial charge in [-0.05, 0) is 64.5 Å². The van der Waals surface area contributed by atoms with E-state index in [4.69, 9.17) is 15.1 Å². The normalized spacial score (nSPS) is 14.0. The molecule has 0 unspecified atom stereocenters. The van der Waals surface area contributed by atoms with Crippen LogP contribution in [0.25, 0.3) is 0 Å². The smallest absolute Gasteiger partial charge is 0.152 e. The number of hydrogen-bond donors (Lipinski definition) is 2. The summed E-state index contributed by atoms with van der Waals surface area (Å²) in [5.74, 6) is 2.37. The molecule has 1 aromatic carbocycles. The highest BCUT2D eigenvalue weighted by Gasteiger charge is 2.19. The van der Waals surface area contributed by atoms with Crippen LogP contribution < -0.4 is 10.3 Å². The quantitative estimate of drug-likeness (QED) is 0.438. The van der Waals surface area contributed by atoms with E-state index in [0.717, 1.165) is 56.1 Å². The predicted molar refractivity (Wildman–Crippen MR) is 140 cm³/mol. The fourth-order valence-corrected chi connectivity index (χ4v) is 3.92. The summed E-state index contributed by atoms with van der Waals surface area (Å²) in [4.78, 5) is 11.8. The van der Waals surface area contributed by atoms with Crippen molar-refractivity contribution in [1.29, 1.82) is 0 Å². The number of fused-ring (bicyclic) bond motifs is 1. The highest BCUT2D eigenvalue weighted by molar-refractivity contribution is 6.04. The SMILES string of the molecule is CC.CCCN(CCC)c1cc(N/N=C2\CCc3ccc(C)cc32)nc(CCC(C)(C)O)n1. The molecular weight excluding hydrogens is 410 g/mol. The maximum atomic E-state index is 10.2. The number of nitrogens with zero attached hydrogens (tertiary/aromatic N) is 4. The summed E-state index contributed by atoms with van der Waals surface area (Å²) in [6.45, 7) is 16.0. The lowest BCUT2D eigenvalue weighted by atomic mass is 10.0. The van der Waals surface area contributed by atoms with Crippen molar-refractivity contribution in [2.24, 2.45) is 5.10 Å². The third kappa shape index (κ3) is 8.11. The zero-order valence-corrected chi connectivity index (χ0v) is 21.7. The lowest BCUT2D eigenvalue weighted by molar-refractivity contribution is 0.0708. The molecule has 0 spiro atoms. The molecule has 2 aromatic rings. The summed E-state index contributed by atoms with van der Waals surface area (Å²) < 4.78 is 0. The molecule has 33 heavy (non-hydrogen) atoms. The second-order valence-electron chi connectivity index (χ2n) is 9.16. The molecule has 1 aromatic heterocycles. The summed E-state index contributed by atoms with van der Waals surface area (Å²) >= 11 is 0. The second-order valence-corrected chi connectivity index (χ2v) is 9.16. The monoisotopic (exact) mass is 453 g/mol. The summed E-state index contributed by atoms with van der Waals surface area (Å²) in [5, 5.41) is 14.9. The Morgan fingerprint density at radius 1 is 1.06 bits per heavy atom. The van der Waals surface area contributed by atoms with Gasteiger partial charge in [0.25, 0.3) is 0 Å². The minimum Gasteiger partial charge on any atom is -0.390 e. The summed E-state index contributed by atoms with van der Waals surface area (Å²) in [7, 11) is 0. The zero-order chi connectivity index (χ0) is 24.4. The lowest BCUT2D eigenvalue weighted by Crippen LogP contribution is -2.27. The molecule has 1 aliphatic rings. The van der Waals surface area contributed by atoms with Gasteiger partial charge in [0.1, 0.15) is 11.6 Å². The zero-order valence-electron chi connectivity index (χ0n) is 21.7. The Bertz CT molecular complexity index is 911. The van der Waals surface area contributed by atoms with Crippen LogP contribution in [0.2, 0.25) is 0 Å². The Hall–Kier alpha value is -2.47. The molecule has 182 valence electrons.